The van der Waals surface area contributed by atoms with Crippen molar-refractivity contribution in [3.63, 3.8) is 0 Å². The molecule has 21 heavy (non-hydrogen) atoms. The van der Waals surface area contributed by atoms with Gasteiger partial charge in [-0.25, -0.2) is 9.29 Å². The van der Waals surface area contributed by atoms with Gasteiger partial charge in [-0.2, -0.15) is 5.26 Å². The minimum atomic E-state index is -0.652. The van der Waals surface area contributed by atoms with Gasteiger partial charge in [-0.1, -0.05) is 12.1 Å². The molecular weight excluding hydrogens is 339 g/mol. The summed E-state index contributed by atoms with van der Waals surface area (Å²) < 4.78 is 13.8. The predicted molar refractivity (Wildman–Crippen MR) is 76.4 cm³/mol. The van der Waals surface area contributed by atoms with Crippen LogP contribution < -0.4 is 4.90 Å². The van der Waals surface area contributed by atoms with E-state index in [1.807, 2.05) is 6.07 Å². The molecule has 2 amide bonds. The van der Waals surface area contributed by atoms with Crippen LogP contribution in [-0.2, 0) is 0 Å². The number of halogens is 2. The van der Waals surface area contributed by atoms with Crippen LogP contribution in [0.25, 0.3) is 0 Å². The van der Waals surface area contributed by atoms with E-state index in [2.05, 4.69) is 15.9 Å². The van der Waals surface area contributed by atoms with Gasteiger partial charge in [-0.15, -0.1) is 0 Å². The number of hydrogen-bond acceptors (Lipinski definition) is 3. The van der Waals surface area contributed by atoms with Crippen LogP contribution in [0, 0.1) is 17.1 Å². The highest BCUT2D eigenvalue weighted by atomic mass is 79.9. The second-order valence-electron chi connectivity index (χ2n) is 4.39. The van der Waals surface area contributed by atoms with Crippen LogP contribution in [0.4, 0.5) is 10.1 Å². The third-order valence-corrected chi connectivity index (χ3v) is 3.80. The van der Waals surface area contributed by atoms with E-state index in [4.69, 9.17) is 5.26 Å². The van der Waals surface area contributed by atoms with Gasteiger partial charge in [0.05, 0.1) is 26.9 Å². The number of carbonyl (C=O) groups excluding carboxylic acids is 2. The van der Waals surface area contributed by atoms with Crippen LogP contribution in [0.15, 0.2) is 40.9 Å². The number of rotatable bonds is 1. The third kappa shape index (κ3) is 1.94. The fourth-order valence-electron chi connectivity index (χ4n) is 2.22. The Labute approximate surface area is 127 Å². The quantitative estimate of drug-likeness (QED) is 0.746. The van der Waals surface area contributed by atoms with E-state index >= 15 is 0 Å². The van der Waals surface area contributed by atoms with Gasteiger partial charge in [0.1, 0.15) is 11.9 Å². The zero-order chi connectivity index (χ0) is 15.1. The maximum Gasteiger partial charge on any atom is 0.266 e. The number of nitriles is 1. The number of amides is 2. The summed E-state index contributed by atoms with van der Waals surface area (Å²) in [5, 5.41) is 9.14. The lowest BCUT2D eigenvalue weighted by atomic mass is 10.1. The van der Waals surface area contributed by atoms with Gasteiger partial charge >= 0.3 is 0 Å². The van der Waals surface area contributed by atoms with E-state index in [9.17, 15) is 14.0 Å². The van der Waals surface area contributed by atoms with E-state index < -0.39 is 17.6 Å². The summed E-state index contributed by atoms with van der Waals surface area (Å²) in [5.41, 5.74) is 0.478. The van der Waals surface area contributed by atoms with Crippen molar-refractivity contribution in [2.45, 2.75) is 0 Å². The summed E-state index contributed by atoms with van der Waals surface area (Å²) >= 11 is 2.97. The smallest absolute Gasteiger partial charge is 0.266 e. The van der Waals surface area contributed by atoms with Crippen molar-refractivity contribution in [2.24, 2.45) is 0 Å². The molecule has 0 saturated carbocycles. The van der Waals surface area contributed by atoms with Gasteiger partial charge in [0, 0.05) is 6.07 Å². The molecule has 1 aliphatic rings. The Balaban J connectivity index is 2.20. The molecule has 3 rings (SSSR count). The Morgan fingerprint density at radius 2 is 1.67 bits per heavy atom. The molecule has 0 fully saturated rings. The van der Waals surface area contributed by atoms with E-state index in [1.54, 1.807) is 12.1 Å². The zero-order valence-corrected chi connectivity index (χ0v) is 12.0. The summed E-state index contributed by atoms with van der Waals surface area (Å²) in [5.74, 6) is -1.77. The molecule has 1 heterocycles. The van der Waals surface area contributed by atoms with Crippen molar-refractivity contribution in [1.29, 1.82) is 5.26 Å². The van der Waals surface area contributed by atoms with Crippen LogP contribution in [0.2, 0.25) is 0 Å². The molecule has 0 unspecified atom stereocenters. The first-order valence-electron chi connectivity index (χ1n) is 5.91. The SMILES string of the molecule is N#Cc1cc(Br)c(F)cc1N1C(=O)c2ccccc2C1=O. The summed E-state index contributed by atoms with van der Waals surface area (Å²) in [7, 11) is 0. The van der Waals surface area contributed by atoms with Crippen molar-refractivity contribution in [3.05, 3.63) is 63.4 Å². The van der Waals surface area contributed by atoms with Gasteiger partial charge in [0.25, 0.3) is 11.8 Å². The number of anilines is 1. The van der Waals surface area contributed by atoms with E-state index in [0.29, 0.717) is 0 Å². The highest BCUT2D eigenvalue weighted by Crippen LogP contribution is 2.33. The highest BCUT2D eigenvalue weighted by Gasteiger charge is 2.37. The minimum Gasteiger partial charge on any atom is -0.268 e. The second-order valence-corrected chi connectivity index (χ2v) is 5.24. The summed E-state index contributed by atoms with van der Waals surface area (Å²) in [6.07, 6.45) is 0. The molecule has 0 bridgehead atoms. The molecular formula is C15H6BrFN2O2. The molecule has 0 aliphatic carbocycles. The average Bonchev–Trinajstić information content (AvgIpc) is 2.74. The van der Waals surface area contributed by atoms with E-state index in [-0.39, 0.29) is 26.9 Å². The molecule has 0 saturated heterocycles. The molecule has 6 heteroatoms. The lowest BCUT2D eigenvalue weighted by Gasteiger charge is -2.16. The largest absolute Gasteiger partial charge is 0.268 e. The normalized spacial score (nSPS) is 13.3. The second kappa shape index (κ2) is 4.79. The van der Waals surface area contributed by atoms with Crippen LogP contribution in [0.5, 0.6) is 0 Å². The molecule has 1 aliphatic heterocycles. The summed E-state index contributed by atoms with van der Waals surface area (Å²) in [6.45, 7) is 0. The molecule has 0 N–H and O–H groups in total. The van der Waals surface area contributed by atoms with Crippen LogP contribution in [0.3, 0.4) is 0 Å². The lowest BCUT2D eigenvalue weighted by Crippen LogP contribution is -2.30. The third-order valence-electron chi connectivity index (χ3n) is 3.19. The molecule has 0 spiro atoms. The topological polar surface area (TPSA) is 61.2 Å². The number of carbonyl (C=O) groups is 2. The molecule has 0 aromatic heterocycles. The van der Waals surface area contributed by atoms with Crippen LogP contribution in [-0.4, -0.2) is 11.8 Å². The first-order valence-corrected chi connectivity index (χ1v) is 6.71. The summed E-state index contributed by atoms with van der Waals surface area (Å²) in [4.78, 5) is 25.5. The van der Waals surface area contributed by atoms with Gasteiger partial charge < -0.3 is 0 Å². The number of nitrogens with zero attached hydrogens (tertiary/aromatic N) is 2. The minimum absolute atomic E-state index is 0.0396. The monoisotopic (exact) mass is 344 g/mol. The first kappa shape index (κ1) is 13.5. The standard InChI is InChI=1S/C15H6BrFN2O2/c16-11-5-8(7-18)13(6-12(11)17)19-14(20)9-3-1-2-4-10(9)15(19)21/h1-6H. The van der Waals surface area contributed by atoms with Gasteiger partial charge in [-0.05, 0) is 34.1 Å². The van der Waals surface area contributed by atoms with Crippen molar-refractivity contribution in [2.75, 3.05) is 4.90 Å². The number of fused-ring (bicyclic) bond motifs is 1. The zero-order valence-electron chi connectivity index (χ0n) is 10.4. The lowest BCUT2D eigenvalue weighted by molar-refractivity contribution is 0.0926. The molecule has 102 valence electrons. The van der Waals surface area contributed by atoms with Crippen molar-refractivity contribution in [3.8, 4) is 6.07 Å². The van der Waals surface area contributed by atoms with Crippen LogP contribution >= 0.6 is 15.9 Å². The Bertz CT molecular complexity index is 807. The maximum absolute atomic E-state index is 13.7. The fraction of sp³-hybridized carbons (Fsp3) is 0. The number of imide groups is 1. The molecule has 2 aromatic carbocycles. The summed E-state index contributed by atoms with van der Waals surface area (Å²) in [6, 6.07) is 10.4. The molecule has 4 nitrogen and oxygen atoms in total. The molecule has 0 radical (unpaired) electrons. The number of hydrogen-bond donors (Lipinski definition) is 0. The van der Waals surface area contributed by atoms with Crippen molar-refractivity contribution in [1.82, 2.24) is 0 Å². The fourth-order valence-corrected chi connectivity index (χ4v) is 2.56. The van der Waals surface area contributed by atoms with Crippen molar-refractivity contribution < 1.29 is 14.0 Å². The Morgan fingerprint density at radius 3 is 2.19 bits per heavy atom. The van der Waals surface area contributed by atoms with Crippen molar-refractivity contribution >= 4 is 33.4 Å². The van der Waals surface area contributed by atoms with Gasteiger partial charge in [0.15, 0.2) is 0 Å². The average molecular weight is 345 g/mol. The maximum atomic E-state index is 13.7. The predicted octanol–water partition coefficient (Wildman–Crippen LogP) is 3.26. The Morgan fingerprint density at radius 1 is 1.10 bits per heavy atom. The van der Waals surface area contributed by atoms with Gasteiger partial charge in [-0.3, -0.25) is 9.59 Å². The molecule has 0 atom stereocenters. The Kier molecular flexibility index (Phi) is 3.07. The van der Waals surface area contributed by atoms with Crippen LogP contribution in [0.1, 0.15) is 26.3 Å². The van der Waals surface area contributed by atoms with E-state index in [0.717, 1.165) is 11.0 Å². The highest BCUT2D eigenvalue weighted by molar-refractivity contribution is 9.10. The van der Waals surface area contributed by atoms with E-state index in [1.165, 1.54) is 18.2 Å². The molecule has 2 aromatic rings. The Hall–Kier alpha value is -2.52. The number of benzene rings is 2. The van der Waals surface area contributed by atoms with Gasteiger partial charge in [0.2, 0.25) is 0 Å². The first-order chi connectivity index (χ1) is 10.0.